The number of H-pyrrole nitrogens is 1. The fraction of sp³-hybridized carbons (Fsp3) is 0.304. The minimum atomic E-state index is -1.15. The third kappa shape index (κ3) is 3.05. The lowest BCUT2D eigenvalue weighted by Gasteiger charge is -2.30. The van der Waals surface area contributed by atoms with E-state index >= 15 is 0 Å². The van der Waals surface area contributed by atoms with E-state index in [1.807, 2.05) is 24.8 Å². The second-order valence-corrected chi connectivity index (χ2v) is 7.68. The topological polar surface area (TPSA) is 95.2 Å². The molecule has 0 saturated heterocycles. The van der Waals surface area contributed by atoms with Crippen LogP contribution in [0.5, 0.6) is 0 Å². The number of carbonyl (C=O) groups excluding carboxylic acids is 1. The summed E-state index contributed by atoms with van der Waals surface area (Å²) in [7, 11) is 0. The Bertz CT molecular complexity index is 1140. The molecule has 6 nitrogen and oxygen atoms in total. The van der Waals surface area contributed by atoms with Crippen LogP contribution in [-0.4, -0.2) is 32.4 Å². The van der Waals surface area contributed by atoms with Crippen molar-refractivity contribution in [2.24, 2.45) is 5.73 Å². The number of hydrogen-bond acceptors (Lipinski definition) is 4. The van der Waals surface area contributed by atoms with Gasteiger partial charge in [0.2, 0.25) is 5.91 Å². The molecule has 1 aliphatic rings. The molecule has 0 spiro atoms. The number of rotatable bonds is 3. The first kappa shape index (κ1) is 19.4. The summed E-state index contributed by atoms with van der Waals surface area (Å²) in [4.78, 5) is 21.9. The number of amides is 1. The number of nitrogens with two attached hydrogens (primary N) is 1. The molecule has 150 valence electrons. The number of aliphatic hydroxyl groups excluding tert-OH is 1. The Hall–Kier alpha value is -2.96. The molecule has 29 heavy (non-hydrogen) atoms. The summed E-state index contributed by atoms with van der Waals surface area (Å²) in [5, 5.41) is 11.1. The van der Waals surface area contributed by atoms with E-state index in [1.165, 1.54) is 11.6 Å². The summed E-state index contributed by atoms with van der Waals surface area (Å²) < 4.78 is 0. The Morgan fingerprint density at radius 1 is 1.38 bits per heavy atom. The van der Waals surface area contributed by atoms with Gasteiger partial charge in [-0.3, -0.25) is 9.78 Å². The number of fused-ring (bicyclic) bond motifs is 2. The lowest BCUT2D eigenvalue weighted by Crippen LogP contribution is -2.34. The van der Waals surface area contributed by atoms with Gasteiger partial charge in [0.15, 0.2) is 0 Å². The summed E-state index contributed by atoms with van der Waals surface area (Å²) in [6, 6.07) is 6.23. The van der Waals surface area contributed by atoms with Gasteiger partial charge in [0.25, 0.3) is 0 Å². The fourth-order valence-electron chi connectivity index (χ4n) is 4.40. The van der Waals surface area contributed by atoms with E-state index in [2.05, 4.69) is 35.6 Å². The van der Waals surface area contributed by atoms with E-state index < -0.39 is 6.23 Å². The number of nitrogens with one attached hydrogen (secondary N) is 1. The molecular weight excluding hydrogens is 364 g/mol. The molecule has 0 radical (unpaired) electrons. The average Bonchev–Trinajstić information content (AvgIpc) is 3.00. The maximum absolute atomic E-state index is 12.1. The highest BCUT2D eigenvalue weighted by molar-refractivity contribution is 6.01. The van der Waals surface area contributed by atoms with Crippen LogP contribution in [0.1, 0.15) is 40.0 Å². The zero-order valence-corrected chi connectivity index (χ0v) is 17.0. The predicted molar refractivity (Wildman–Crippen MR) is 114 cm³/mol. The van der Waals surface area contributed by atoms with Gasteiger partial charge >= 0.3 is 0 Å². The molecular formula is C23H26N4O2. The van der Waals surface area contributed by atoms with Crippen LogP contribution in [0, 0.1) is 20.8 Å². The fourth-order valence-corrected chi connectivity index (χ4v) is 4.40. The third-order valence-corrected chi connectivity index (χ3v) is 5.96. The molecule has 0 fully saturated rings. The second kappa shape index (κ2) is 7.13. The first-order valence-electron chi connectivity index (χ1n) is 9.79. The maximum Gasteiger partial charge on any atom is 0.246 e. The van der Waals surface area contributed by atoms with Crippen LogP contribution >= 0.6 is 0 Å². The molecule has 0 bridgehead atoms. The summed E-state index contributed by atoms with van der Waals surface area (Å²) in [6.07, 6.45) is 0.996. The number of nitrogens with zero attached hydrogens (tertiary/aromatic N) is 2. The lowest BCUT2D eigenvalue weighted by molar-refractivity contribution is -0.126. The molecule has 3 aromatic rings. The first-order valence-corrected chi connectivity index (χ1v) is 9.79. The Balaban J connectivity index is 1.96. The quantitative estimate of drug-likeness (QED) is 0.473. The lowest BCUT2D eigenvalue weighted by atomic mass is 9.87. The smallest absolute Gasteiger partial charge is 0.246 e. The van der Waals surface area contributed by atoms with Gasteiger partial charge in [0.05, 0.1) is 5.52 Å². The van der Waals surface area contributed by atoms with Gasteiger partial charge < -0.3 is 20.7 Å². The van der Waals surface area contributed by atoms with E-state index in [9.17, 15) is 9.90 Å². The third-order valence-electron chi connectivity index (χ3n) is 5.96. The standard InChI is InChI=1S/C23H26N4O2/c1-5-18(28)27-10-9-16-15(11-27)7-6-8-17(16)20-14(4)26-22(23(24)29)21-19(20)12(2)13(3)25-21/h5-8,23,25,29H,1,9-11,24H2,2-4H3. The Labute approximate surface area is 170 Å². The van der Waals surface area contributed by atoms with Crippen molar-refractivity contribution < 1.29 is 9.90 Å². The molecule has 0 saturated carbocycles. The van der Waals surface area contributed by atoms with Gasteiger partial charge in [-0.1, -0.05) is 24.8 Å². The van der Waals surface area contributed by atoms with Crippen molar-refractivity contribution in [3.63, 3.8) is 0 Å². The van der Waals surface area contributed by atoms with E-state index in [4.69, 9.17) is 5.73 Å². The number of aromatic nitrogens is 2. The number of pyridine rings is 1. The normalized spacial score (nSPS) is 14.7. The molecule has 2 aromatic heterocycles. The predicted octanol–water partition coefficient (Wildman–Crippen LogP) is 3.18. The highest BCUT2D eigenvalue weighted by Crippen LogP contribution is 2.40. The molecule has 4 rings (SSSR count). The van der Waals surface area contributed by atoms with Crippen LogP contribution in [0.4, 0.5) is 0 Å². The van der Waals surface area contributed by atoms with Gasteiger partial charge in [-0.2, -0.15) is 0 Å². The maximum atomic E-state index is 12.1. The molecule has 0 aliphatic carbocycles. The highest BCUT2D eigenvalue weighted by Gasteiger charge is 2.25. The largest absolute Gasteiger partial charge is 0.373 e. The summed E-state index contributed by atoms with van der Waals surface area (Å²) in [6.45, 7) is 10.9. The van der Waals surface area contributed by atoms with Gasteiger partial charge in [-0.05, 0) is 55.5 Å². The molecule has 3 heterocycles. The summed E-state index contributed by atoms with van der Waals surface area (Å²) >= 11 is 0. The van der Waals surface area contributed by atoms with Crippen LogP contribution in [-0.2, 0) is 17.8 Å². The Morgan fingerprint density at radius 3 is 2.83 bits per heavy atom. The van der Waals surface area contributed by atoms with Crippen molar-refractivity contribution in [1.82, 2.24) is 14.9 Å². The molecule has 4 N–H and O–H groups in total. The number of carbonyl (C=O) groups is 1. The van der Waals surface area contributed by atoms with Gasteiger partial charge in [-0.15, -0.1) is 0 Å². The average molecular weight is 390 g/mol. The summed E-state index contributed by atoms with van der Waals surface area (Å²) in [5.74, 6) is -0.0420. The van der Waals surface area contributed by atoms with E-state index in [0.717, 1.165) is 51.0 Å². The van der Waals surface area contributed by atoms with Gasteiger partial charge in [-0.25, -0.2) is 0 Å². The van der Waals surface area contributed by atoms with Crippen LogP contribution in [0.25, 0.3) is 22.0 Å². The SMILES string of the molecule is C=CC(=O)N1CCc2c(cccc2-c2c(C)nc(C(N)O)c3[nH]c(C)c(C)c23)C1. The van der Waals surface area contributed by atoms with Gasteiger partial charge in [0.1, 0.15) is 11.9 Å². The molecule has 1 atom stereocenters. The molecule has 1 aromatic carbocycles. The minimum Gasteiger partial charge on any atom is -0.373 e. The molecule has 6 heteroatoms. The van der Waals surface area contributed by atoms with Crippen LogP contribution in [0.3, 0.4) is 0 Å². The van der Waals surface area contributed by atoms with Crippen LogP contribution in [0.2, 0.25) is 0 Å². The number of benzene rings is 1. The number of aryl methyl sites for hydroxylation is 3. The number of hydrogen-bond donors (Lipinski definition) is 3. The van der Waals surface area contributed by atoms with Crippen molar-refractivity contribution in [2.75, 3.05) is 6.54 Å². The Kier molecular flexibility index (Phi) is 4.76. The van der Waals surface area contributed by atoms with Crippen molar-refractivity contribution in [1.29, 1.82) is 0 Å². The van der Waals surface area contributed by atoms with Crippen molar-refractivity contribution in [2.45, 2.75) is 40.0 Å². The zero-order chi connectivity index (χ0) is 20.9. The van der Waals surface area contributed by atoms with Crippen LogP contribution in [0.15, 0.2) is 30.9 Å². The Morgan fingerprint density at radius 2 is 2.14 bits per heavy atom. The van der Waals surface area contributed by atoms with Crippen molar-refractivity contribution in [3.8, 4) is 11.1 Å². The monoisotopic (exact) mass is 390 g/mol. The van der Waals surface area contributed by atoms with E-state index in [0.29, 0.717) is 18.8 Å². The van der Waals surface area contributed by atoms with E-state index in [-0.39, 0.29) is 5.91 Å². The van der Waals surface area contributed by atoms with Crippen molar-refractivity contribution in [3.05, 3.63) is 64.6 Å². The van der Waals surface area contributed by atoms with E-state index in [1.54, 1.807) is 0 Å². The van der Waals surface area contributed by atoms with Crippen molar-refractivity contribution >= 4 is 16.8 Å². The first-order chi connectivity index (χ1) is 13.8. The molecule has 1 aliphatic heterocycles. The van der Waals surface area contributed by atoms with Crippen LogP contribution < -0.4 is 5.73 Å². The highest BCUT2D eigenvalue weighted by atomic mass is 16.3. The number of aliphatic hydroxyl groups is 1. The zero-order valence-electron chi connectivity index (χ0n) is 17.0. The van der Waals surface area contributed by atoms with Gasteiger partial charge in [0, 0.05) is 35.4 Å². The second-order valence-electron chi connectivity index (χ2n) is 7.68. The summed E-state index contributed by atoms with van der Waals surface area (Å²) in [5.41, 5.74) is 14.6. The minimum absolute atomic E-state index is 0.0420. The molecule has 1 unspecified atom stereocenters. The molecule has 1 amide bonds. The number of aromatic amines is 1.